The van der Waals surface area contributed by atoms with Crippen molar-refractivity contribution in [2.24, 2.45) is 23.2 Å². The largest absolute Gasteiger partial charge is 0.493 e. The smallest absolute Gasteiger partial charge is 0.336 e. The van der Waals surface area contributed by atoms with Gasteiger partial charge in [0.15, 0.2) is 0 Å². The molecular weight excluding hydrogens is 340 g/mol. The van der Waals surface area contributed by atoms with Crippen LogP contribution in [0.3, 0.4) is 0 Å². The van der Waals surface area contributed by atoms with Crippen LogP contribution in [0.1, 0.15) is 40.0 Å². The second-order valence-corrected chi connectivity index (χ2v) is 8.58. The van der Waals surface area contributed by atoms with Gasteiger partial charge in [-0.05, 0) is 61.6 Å². The van der Waals surface area contributed by atoms with Gasteiger partial charge < -0.3 is 14.3 Å². The molecule has 1 N–H and O–H groups in total. The maximum atomic E-state index is 11.5. The lowest BCUT2D eigenvalue weighted by atomic mass is 9.52. The zero-order chi connectivity index (χ0) is 19.2. The molecule has 1 saturated carbocycles. The number of ether oxygens (including phenoxy) is 1. The molecule has 1 fully saturated rings. The SMILES string of the molecule is CC1=CCC2[C@@H](C)[C@@H](O)CC[C@]2(C)[C@@H]1COc1ccc2ccc(=O)oc2c1. The van der Waals surface area contributed by atoms with Crippen LogP contribution in [0.15, 0.2) is 51.2 Å². The number of rotatable bonds is 3. The van der Waals surface area contributed by atoms with E-state index < -0.39 is 0 Å². The first-order valence-corrected chi connectivity index (χ1v) is 9.90. The molecule has 1 heterocycles. The molecule has 0 aliphatic heterocycles. The van der Waals surface area contributed by atoms with Gasteiger partial charge in [0.25, 0.3) is 0 Å². The number of benzene rings is 1. The Kier molecular flexibility index (Phi) is 4.63. The van der Waals surface area contributed by atoms with E-state index in [1.165, 1.54) is 11.6 Å². The van der Waals surface area contributed by atoms with E-state index in [2.05, 4.69) is 26.8 Å². The summed E-state index contributed by atoms with van der Waals surface area (Å²) < 4.78 is 11.4. The maximum absolute atomic E-state index is 11.5. The maximum Gasteiger partial charge on any atom is 0.336 e. The van der Waals surface area contributed by atoms with Gasteiger partial charge in [-0.2, -0.15) is 0 Å². The van der Waals surface area contributed by atoms with Crippen molar-refractivity contribution in [3.05, 3.63) is 52.4 Å². The highest BCUT2D eigenvalue weighted by atomic mass is 16.5. The first-order valence-electron chi connectivity index (χ1n) is 9.90. The van der Waals surface area contributed by atoms with Crippen molar-refractivity contribution in [2.45, 2.75) is 46.1 Å². The van der Waals surface area contributed by atoms with Crippen molar-refractivity contribution in [1.82, 2.24) is 0 Å². The van der Waals surface area contributed by atoms with Crippen LogP contribution in [0.25, 0.3) is 11.0 Å². The second kappa shape index (κ2) is 6.83. The molecule has 2 aromatic rings. The van der Waals surface area contributed by atoms with Gasteiger partial charge in [-0.15, -0.1) is 0 Å². The van der Waals surface area contributed by atoms with Crippen LogP contribution < -0.4 is 10.4 Å². The fraction of sp³-hybridized carbons (Fsp3) is 0.522. The Morgan fingerprint density at radius 3 is 2.89 bits per heavy atom. The fourth-order valence-electron chi connectivity index (χ4n) is 5.30. The summed E-state index contributed by atoms with van der Waals surface area (Å²) in [5, 5.41) is 11.2. The number of allylic oxidation sites excluding steroid dienone is 1. The highest BCUT2D eigenvalue weighted by Crippen LogP contribution is 2.55. The lowest BCUT2D eigenvalue weighted by molar-refractivity contribution is -0.0671. The van der Waals surface area contributed by atoms with Crippen LogP contribution in [0.4, 0.5) is 0 Å². The van der Waals surface area contributed by atoms with Gasteiger partial charge in [0.2, 0.25) is 0 Å². The first kappa shape index (κ1) is 18.3. The summed E-state index contributed by atoms with van der Waals surface area (Å²) in [5.41, 5.74) is 1.72. The number of hydrogen-bond donors (Lipinski definition) is 1. The molecule has 0 radical (unpaired) electrons. The molecule has 0 amide bonds. The average Bonchev–Trinajstić information content (AvgIpc) is 2.64. The third kappa shape index (κ3) is 3.20. The van der Waals surface area contributed by atoms with Crippen LogP contribution in [-0.2, 0) is 0 Å². The standard InChI is InChI=1S/C23H28O4/c1-14-4-8-18-15(2)20(24)10-11-23(18,3)19(14)13-26-17-7-5-16-6-9-22(25)27-21(16)12-17/h4-7,9,12,15,18-20,24H,8,10-11,13H2,1-3H3/t15-,18?,19-,20+,23+/m1/s1. The van der Waals surface area contributed by atoms with Crippen LogP contribution >= 0.6 is 0 Å². The van der Waals surface area contributed by atoms with E-state index in [0.717, 1.165) is 30.4 Å². The summed E-state index contributed by atoms with van der Waals surface area (Å²) in [7, 11) is 0. The van der Waals surface area contributed by atoms with Crippen molar-refractivity contribution >= 4 is 11.0 Å². The Balaban J connectivity index is 1.57. The van der Waals surface area contributed by atoms with E-state index in [0.29, 0.717) is 29.9 Å². The third-order valence-corrected chi connectivity index (χ3v) is 7.12. The summed E-state index contributed by atoms with van der Waals surface area (Å²) in [6.45, 7) is 7.35. The predicted molar refractivity (Wildman–Crippen MR) is 106 cm³/mol. The monoisotopic (exact) mass is 368 g/mol. The van der Waals surface area contributed by atoms with Gasteiger partial charge in [0.1, 0.15) is 11.3 Å². The molecule has 4 rings (SSSR count). The molecule has 1 aromatic heterocycles. The van der Waals surface area contributed by atoms with E-state index in [1.807, 2.05) is 12.1 Å². The molecule has 0 spiro atoms. The summed E-state index contributed by atoms with van der Waals surface area (Å²) in [6.07, 6.45) is 5.06. The van der Waals surface area contributed by atoms with Gasteiger partial charge in [-0.25, -0.2) is 4.79 Å². The third-order valence-electron chi connectivity index (χ3n) is 7.12. The normalized spacial score (nSPS) is 33.4. The van der Waals surface area contributed by atoms with Crippen molar-refractivity contribution in [3.8, 4) is 5.75 Å². The van der Waals surface area contributed by atoms with Gasteiger partial charge in [-0.1, -0.05) is 25.5 Å². The first-order chi connectivity index (χ1) is 12.9. The molecule has 2 aliphatic rings. The van der Waals surface area contributed by atoms with E-state index in [4.69, 9.17) is 9.15 Å². The van der Waals surface area contributed by atoms with Crippen LogP contribution in [0.5, 0.6) is 5.75 Å². The summed E-state index contributed by atoms with van der Waals surface area (Å²) in [6, 6.07) is 8.84. The average molecular weight is 368 g/mol. The van der Waals surface area contributed by atoms with Gasteiger partial charge in [-0.3, -0.25) is 0 Å². The Morgan fingerprint density at radius 2 is 2.07 bits per heavy atom. The molecule has 4 heteroatoms. The topological polar surface area (TPSA) is 59.7 Å². The Bertz CT molecular complexity index is 927. The molecule has 0 bridgehead atoms. The zero-order valence-electron chi connectivity index (χ0n) is 16.3. The highest BCUT2D eigenvalue weighted by molar-refractivity contribution is 5.77. The number of fused-ring (bicyclic) bond motifs is 2. The van der Waals surface area contributed by atoms with E-state index >= 15 is 0 Å². The minimum atomic E-state index is -0.351. The molecule has 4 nitrogen and oxygen atoms in total. The summed E-state index contributed by atoms with van der Waals surface area (Å²) >= 11 is 0. The van der Waals surface area contributed by atoms with Crippen LogP contribution in [-0.4, -0.2) is 17.8 Å². The quantitative estimate of drug-likeness (QED) is 0.638. The molecule has 27 heavy (non-hydrogen) atoms. The van der Waals surface area contributed by atoms with Gasteiger partial charge in [0.05, 0.1) is 12.7 Å². The fourth-order valence-corrected chi connectivity index (χ4v) is 5.30. The molecule has 1 aromatic carbocycles. The molecule has 0 saturated heterocycles. The van der Waals surface area contributed by atoms with E-state index in [-0.39, 0.29) is 17.1 Å². The molecule has 2 aliphatic carbocycles. The van der Waals surface area contributed by atoms with Crippen LogP contribution in [0.2, 0.25) is 0 Å². The predicted octanol–water partition coefficient (Wildman–Crippen LogP) is 4.55. The Morgan fingerprint density at radius 1 is 1.30 bits per heavy atom. The Labute approximate surface area is 159 Å². The minimum absolute atomic E-state index is 0.140. The molecule has 144 valence electrons. The summed E-state index contributed by atoms with van der Waals surface area (Å²) in [4.78, 5) is 11.5. The van der Waals surface area contributed by atoms with Crippen molar-refractivity contribution < 1.29 is 14.3 Å². The zero-order valence-corrected chi connectivity index (χ0v) is 16.3. The van der Waals surface area contributed by atoms with Gasteiger partial charge in [0, 0.05) is 23.4 Å². The molecule has 5 atom stereocenters. The van der Waals surface area contributed by atoms with Crippen molar-refractivity contribution in [1.29, 1.82) is 0 Å². The van der Waals surface area contributed by atoms with Crippen LogP contribution in [0, 0.1) is 23.2 Å². The van der Waals surface area contributed by atoms with E-state index in [9.17, 15) is 9.90 Å². The van der Waals surface area contributed by atoms with Crippen molar-refractivity contribution in [3.63, 3.8) is 0 Å². The lowest BCUT2D eigenvalue weighted by Gasteiger charge is -2.53. The van der Waals surface area contributed by atoms with Crippen molar-refractivity contribution in [2.75, 3.05) is 6.61 Å². The second-order valence-electron chi connectivity index (χ2n) is 8.58. The Hall–Kier alpha value is -2.07. The van der Waals surface area contributed by atoms with Gasteiger partial charge >= 0.3 is 5.63 Å². The van der Waals surface area contributed by atoms with E-state index in [1.54, 1.807) is 12.1 Å². The number of hydrogen-bond acceptors (Lipinski definition) is 4. The number of aliphatic hydroxyl groups is 1. The number of aliphatic hydroxyl groups excluding tert-OH is 1. The minimum Gasteiger partial charge on any atom is -0.493 e. The molecule has 1 unspecified atom stereocenters. The lowest BCUT2D eigenvalue weighted by Crippen LogP contribution is -2.50. The summed E-state index contributed by atoms with van der Waals surface area (Å²) in [5.74, 6) is 1.84. The highest BCUT2D eigenvalue weighted by Gasteiger charge is 2.50. The molecular formula is C23H28O4.